The summed E-state index contributed by atoms with van der Waals surface area (Å²) in [6.45, 7) is 18.5. The standard InChI is InChI=1S/C29H25N2O.C22H32NSi.Ir/c1-3-8-20(9-4-1)18-21-16-17-30-27(19-21)25-13-7-12-23-24-14-15-26(22-10-5-2-6-11-22)31-29(24)32-28(23)25;1-16(2)12-18-14-20(23-15-21(18)24(6,7)8)17-10-9-11-19(13-17)22(3,4)5;/h2,5-7,10-12,14-17,19-20H,1,3-4,8-9,18H2;9,11,13-16H,12H2,1-8H3;/q2*-1;. The molecule has 0 spiro atoms. The van der Waals surface area contributed by atoms with Gasteiger partial charge in [-0.2, -0.15) is 0 Å². The smallest absolute Gasteiger partial charge is 0.216 e. The fourth-order valence-corrected chi connectivity index (χ4v) is 9.64. The van der Waals surface area contributed by atoms with Crippen LogP contribution >= 0.6 is 0 Å². The van der Waals surface area contributed by atoms with Crippen LogP contribution in [0.3, 0.4) is 0 Å². The van der Waals surface area contributed by atoms with E-state index in [0.29, 0.717) is 11.6 Å². The largest absolute Gasteiger partial charge is 0.486 e. The first kappa shape index (κ1) is 42.4. The molecule has 8 rings (SSSR count). The molecule has 1 aliphatic rings. The minimum atomic E-state index is -1.38. The molecule has 1 radical (unpaired) electrons. The predicted molar refractivity (Wildman–Crippen MR) is 238 cm³/mol. The van der Waals surface area contributed by atoms with E-state index in [0.717, 1.165) is 68.9 Å². The van der Waals surface area contributed by atoms with Crippen molar-refractivity contribution in [1.29, 1.82) is 0 Å². The third-order valence-corrected chi connectivity index (χ3v) is 13.1. The summed E-state index contributed by atoms with van der Waals surface area (Å²) >= 11 is 0. The number of hydrogen-bond acceptors (Lipinski definition) is 4. The Hall–Kier alpha value is -4.22. The van der Waals surface area contributed by atoms with Crippen molar-refractivity contribution < 1.29 is 24.5 Å². The number of fused-ring (bicyclic) bond motifs is 3. The first-order valence-electron chi connectivity index (χ1n) is 20.6. The fraction of sp³-hybridized carbons (Fsp3) is 0.353. The van der Waals surface area contributed by atoms with Crippen LogP contribution in [0.15, 0.2) is 108 Å². The Labute approximate surface area is 355 Å². The summed E-state index contributed by atoms with van der Waals surface area (Å²) in [5.74, 6) is 1.45. The van der Waals surface area contributed by atoms with Gasteiger partial charge in [-0.05, 0) is 64.9 Å². The minimum Gasteiger partial charge on any atom is -0.486 e. The monoisotopic (exact) mass is 948 g/mol. The second-order valence-electron chi connectivity index (χ2n) is 18.2. The van der Waals surface area contributed by atoms with Gasteiger partial charge in [-0.3, -0.25) is 0 Å². The maximum atomic E-state index is 6.31. The van der Waals surface area contributed by atoms with Crippen molar-refractivity contribution in [2.75, 3.05) is 0 Å². The molecule has 0 bridgehead atoms. The number of benzene rings is 3. The van der Waals surface area contributed by atoms with E-state index in [-0.39, 0.29) is 25.5 Å². The number of aromatic nitrogens is 3. The van der Waals surface area contributed by atoms with Crippen LogP contribution in [-0.2, 0) is 38.4 Å². The van der Waals surface area contributed by atoms with Gasteiger partial charge in [-0.15, -0.1) is 53.6 Å². The molecule has 6 heteroatoms. The fourth-order valence-electron chi connectivity index (χ4n) is 8.05. The topological polar surface area (TPSA) is 51.8 Å². The number of rotatable bonds is 8. The van der Waals surface area contributed by atoms with Crippen molar-refractivity contribution in [2.45, 2.75) is 105 Å². The summed E-state index contributed by atoms with van der Waals surface area (Å²) in [5.41, 5.74) is 11.8. The van der Waals surface area contributed by atoms with Gasteiger partial charge in [-0.1, -0.05) is 151 Å². The van der Waals surface area contributed by atoms with Crippen LogP contribution in [0.4, 0.5) is 0 Å². The Balaban J connectivity index is 0.000000198. The van der Waals surface area contributed by atoms with Gasteiger partial charge >= 0.3 is 0 Å². The molecule has 7 aromatic rings. The Morgan fingerprint density at radius 3 is 2.26 bits per heavy atom. The Morgan fingerprint density at radius 1 is 0.789 bits per heavy atom. The molecule has 4 heterocycles. The number of pyridine rings is 3. The average molecular weight is 948 g/mol. The zero-order chi connectivity index (χ0) is 39.5. The van der Waals surface area contributed by atoms with Gasteiger partial charge in [0.2, 0.25) is 5.71 Å². The van der Waals surface area contributed by atoms with Crippen molar-refractivity contribution in [3.8, 4) is 33.8 Å². The summed E-state index contributed by atoms with van der Waals surface area (Å²) in [6, 6.07) is 38.3. The van der Waals surface area contributed by atoms with Crippen molar-refractivity contribution in [2.24, 2.45) is 11.8 Å². The second kappa shape index (κ2) is 18.1. The van der Waals surface area contributed by atoms with Gasteiger partial charge in [0.15, 0.2) is 0 Å². The van der Waals surface area contributed by atoms with Crippen LogP contribution in [0.25, 0.3) is 55.8 Å². The summed E-state index contributed by atoms with van der Waals surface area (Å²) in [6.07, 6.45) is 13.1. The van der Waals surface area contributed by atoms with Crippen molar-refractivity contribution in [3.05, 3.63) is 132 Å². The van der Waals surface area contributed by atoms with E-state index in [4.69, 9.17) is 14.4 Å². The molecule has 57 heavy (non-hydrogen) atoms. The molecule has 1 fully saturated rings. The molecule has 0 saturated heterocycles. The molecule has 4 nitrogen and oxygen atoms in total. The van der Waals surface area contributed by atoms with E-state index in [1.807, 2.05) is 36.5 Å². The number of furan rings is 1. The summed E-state index contributed by atoms with van der Waals surface area (Å²) in [7, 11) is -1.38. The molecule has 1 saturated carbocycles. The maximum absolute atomic E-state index is 6.31. The van der Waals surface area contributed by atoms with Crippen LogP contribution in [0.1, 0.15) is 83.4 Å². The van der Waals surface area contributed by atoms with Crippen LogP contribution in [0, 0.1) is 24.0 Å². The first-order valence-corrected chi connectivity index (χ1v) is 24.1. The summed E-state index contributed by atoms with van der Waals surface area (Å²) < 4.78 is 6.31. The van der Waals surface area contributed by atoms with Crippen molar-refractivity contribution >= 4 is 35.3 Å². The van der Waals surface area contributed by atoms with E-state index in [1.165, 1.54) is 54.0 Å². The summed E-state index contributed by atoms with van der Waals surface area (Å²) in [5, 5.41) is 3.57. The SMILES string of the molecule is CC(C)Cc1cc(-c2[c-]ccc(C(C)(C)C)c2)ncc1[Si](C)(C)C.[Ir].[c-]1ccc2c(oc3nc(-c4ccccc4)ccc32)c1-c1cc(CC2CCCCC2)ccn1. The first-order chi connectivity index (χ1) is 26.8. The van der Waals surface area contributed by atoms with Crippen LogP contribution in [-0.4, -0.2) is 23.0 Å². The molecule has 297 valence electrons. The third-order valence-electron chi connectivity index (χ3n) is 11.1. The quantitative estimate of drug-likeness (QED) is 0.113. The zero-order valence-electron chi connectivity index (χ0n) is 35.0. The zero-order valence-corrected chi connectivity index (χ0v) is 38.4. The van der Waals surface area contributed by atoms with E-state index < -0.39 is 8.07 Å². The molecule has 3 aromatic carbocycles. The predicted octanol–water partition coefficient (Wildman–Crippen LogP) is 13.2. The van der Waals surface area contributed by atoms with Gasteiger partial charge < -0.3 is 14.4 Å². The minimum absolute atomic E-state index is 0. The average Bonchev–Trinajstić information content (AvgIpc) is 3.56. The van der Waals surface area contributed by atoms with Crippen molar-refractivity contribution in [1.82, 2.24) is 15.0 Å². The molecule has 0 unspecified atom stereocenters. The van der Waals surface area contributed by atoms with E-state index in [2.05, 4.69) is 138 Å². The second-order valence-corrected chi connectivity index (χ2v) is 23.2. The van der Waals surface area contributed by atoms with Crippen LogP contribution in [0.2, 0.25) is 19.6 Å². The molecule has 0 N–H and O–H groups in total. The third kappa shape index (κ3) is 10.3. The van der Waals surface area contributed by atoms with Crippen LogP contribution < -0.4 is 5.19 Å². The van der Waals surface area contributed by atoms with E-state index in [9.17, 15) is 0 Å². The molecule has 4 aromatic heterocycles. The Bertz CT molecular complexity index is 2420. The molecule has 0 amide bonds. The Morgan fingerprint density at radius 2 is 1.54 bits per heavy atom. The molecule has 0 aliphatic heterocycles. The molecular formula is C51H57IrN3OSi-2. The van der Waals surface area contributed by atoms with E-state index >= 15 is 0 Å². The number of nitrogens with zero attached hydrogens (tertiary/aromatic N) is 3. The Kier molecular flexibility index (Phi) is 13.5. The molecule has 1 aliphatic carbocycles. The molecule has 0 atom stereocenters. The van der Waals surface area contributed by atoms with Gasteiger partial charge in [0.25, 0.3) is 0 Å². The molecular weight excluding hydrogens is 891 g/mol. The van der Waals surface area contributed by atoms with Gasteiger partial charge in [0.1, 0.15) is 0 Å². The van der Waals surface area contributed by atoms with Gasteiger partial charge in [-0.25, -0.2) is 4.98 Å². The van der Waals surface area contributed by atoms with Crippen molar-refractivity contribution in [3.63, 3.8) is 0 Å². The normalized spacial score (nSPS) is 13.7. The maximum Gasteiger partial charge on any atom is 0.216 e. The van der Waals surface area contributed by atoms with Gasteiger partial charge in [0, 0.05) is 43.4 Å². The number of hydrogen-bond donors (Lipinski definition) is 0. The van der Waals surface area contributed by atoms with Crippen LogP contribution in [0.5, 0.6) is 0 Å². The summed E-state index contributed by atoms with van der Waals surface area (Å²) in [4.78, 5) is 14.3. The van der Waals surface area contributed by atoms with Gasteiger partial charge in [0.05, 0.1) is 19.4 Å². The van der Waals surface area contributed by atoms with E-state index in [1.54, 1.807) is 0 Å².